The Morgan fingerprint density at radius 3 is 2.36 bits per heavy atom. The third-order valence-corrected chi connectivity index (χ3v) is 10.8. The van der Waals surface area contributed by atoms with E-state index in [9.17, 15) is 4.79 Å². The molecule has 5 heterocycles. The third kappa shape index (κ3) is 6.65. The molecule has 2 fully saturated rings. The summed E-state index contributed by atoms with van der Waals surface area (Å²) < 4.78 is 6.16. The molecule has 0 radical (unpaired) electrons. The minimum Gasteiger partial charge on any atom is -0.424 e. The zero-order chi connectivity index (χ0) is 30.8. The van der Waals surface area contributed by atoms with Crippen molar-refractivity contribution in [3.63, 3.8) is 0 Å². The molecule has 2 aliphatic rings. The molecule has 0 atom stereocenters. The summed E-state index contributed by atoms with van der Waals surface area (Å²) in [7, 11) is 0. The number of H-pyrrole nitrogens is 1. The van der Waals surface area contributed by atoms with Crippen molar-refractivity contribution in [1.82, 2.24) is 29.9 Å². The molecule has 0 bridgehead atoms. The van der Waals surface area contributed by atoms with Gasteiger partial charge in [-0.1, -0.05) is 30.5 Å². The topological polar surface area (TPSA) is 81.5 Å². The van der Waals surface area contributed by atoms with Gasteiger partial charge in [0, 0.05) is 62.5 Å². The maximum atomic E-state index is 12.7. The van der Waals surface area contributed by atoms with Crippen LogP contribution in [0, 0.1) is 13.8 Å². The Bertz CT molecular complexity index is 1570. The Labute approximate surface area is 265 Å². The monoisotopic (exact) mass is 616 g/mol. The van der Waals surface area contributed by atoms with Crippen molar-refractivity contribution in [2.24, 2.45) is 0 Å². The lowest BCUT2D eigenvalue weighted by Crippen LogP contribution is -2.50. The van der Waals surface area contributed by atoms with Crippen LogP contribution in [0.25, 0.3) is 21.5 Å². The lowest BCUT2D eigenvalue weighted by Gasteiger charge is -2.35. The number of amides is 1. The molecule has 0 unspecified atom stereocenters. The van der Waals surface area contributed by atoms with E-state index in [1.165, 1.54) is 43.0 Å². The fourth-order valence-corrected chi connectivity index (χ4v) is 7.89. The highest BCUT2D eigenvalue weighted by Crippen LogP contribution is 2.42. The molecule has 4 aromatic rings. The summed E-state index contributed by atoms with van der Waals surface area (Å²) in [5.41, 5.74) is 6.05. The number of nitrogens with one attached hydrogen (secondary N) is 1. The summed E-state index contributed by atoms with van der Waals surface area (Å²) in [6.45, 7) is 18.2. The molecule has 2 aliphatic heterocycles. The molecule has 8 nitrogen and oxygen atoms in total. The SMILES string of the molecule is CCCCc1nnc(C(C)(C)c2cc3c(CCN4CCN(CC(=O)N5CCCC5)CC4)c(-c4cc(C)cc(C)c4)[nH]c3s2)o1. The van der Waals surface area contributed by atoms with Crippen LogP contribution in [0.1, 0.15) is 79.8 Å². The number of likely N-dealkylation sites (tertiary alicyclic amines) is 1. The van der Waals surface area contributed by atoms with Gasteiger partial charge in [-0.25, -0.2) is 0 Å². The van der Waals surface area contributed by atoms with Gasteiger partial charge in [0.05, 0.1) is 17.7 Å². The van der Waals surface area contributed by atoms with E-state index in [0.29, 0.717) is 18.3 Å². The summed E-state index contributed by atoms with van der Waals surface area (Å²) in [5, 5.41) is 10.1. The van der Waals surface area contributed by atoms with Gasteiger partial charge in [-0.15, -0.1) is 21.5 Å². The van der Waals surface area contributed by atoms with Crippen LogP contribution >= 0.6 is 11.3 Å². The predicted octanol–water partition coefficient (Wildman–Crippen LogP) is 6.35. The Morgan fingerprint density at radius 1 is 0.955 bits per heavy atom. The number of carbonyl (C=O) groups is 1. The van der Waals surface area contributed by atoms with E-state index in [2.05, 4.69) is 83.9 Å². The lowest BCUT2D eigenvalue weighted by atomic mass is 9.90. The van der Waals surface area contributed by atoms with Gasteiger partial charge in [-0.3, -0.25) is 9.69 Å². The number of aromatic nitrogens is 3. The molecule has 9 heteroatoms. The number of unbranched alkanes of at least 4 members (excludes halogenated alkanes) is 1. The fourth-order valence-electron chi connectivity index (χ4n) is 6.70. The van der Waals surface area contributed by atoms with E-state index in [1.54, 1.807) is 11.3 Å². The number of aryl methyl sites for hydroxylation is 3. The van der Waals surface area contributed by atoms with E-state index in [1.807, 2.05) is 4.90 Å². The Hall–Kier alpha value is -3.01. The fraction of sp³-hybridized carbons (Fsp3) is 0.571. The van der Waals surface area contributed by atoms with Crippen LogP contribution in [0.5, 0.6) is 0 Å². The van der Waals surface area contributed by atoms with Crippen LogP contribution in [0.4, 0.5) is 0 Å². The standard InChI is InChI=1S/C35H48N6O2S/c1-6-7-10-30-37-38-34(43-30)35(4,5)29-22-28-27(32(36-33(28)44-29)26-20-24(2)19-25(3)21-26)11-14-39-15-17-40(18-16-39)23-31(42)41-12-8-9-13-41/h19-22,36H,6-18,23H2,1-5H3. The van der Waals surface area contributed by atoms with Gasteiger partial charge >= 0.3 is 0 Å². The summed E-state index contributed by atoms with van der Waals surface area (Å²) in [5.74, 6) is 1.72. The van der Waals surface area contributed by atoms with Crippen LogP contribution in [0.2, 0.25) is 0 Å². The average Bonchev–Trinajstić information content (AvgIpc) is 3.80. The van der Waals surface area contributed by atoms with Crippen LogP contribution < -0.4 is 0 Å². The number of carbonyl (C=O) groups excluding carboxylic acids is 1. The van der Waals surface area contributed by atoms with Crippen molar-refractivity contribution in [3.05, 3.63) is 57.6 Å². The normalized spacial score (nSPS) is 16.9. The van der Waals surface area contributed by atoms with Crippen molar-refractivity contribution < 1.29 is 9.21 Å². The maximum Gasteiger partial charge on any atom is 0.236 e. The van der Waals surface area contributed by atoms with Crippen molar-refractivity contribution in [3.8, 4) is 11.3 Å². The summed E-state index contributed by atoms with van der Waals surface area (Å²) in [4.78, 5) is 25.9. The van der Waals surface area contributed by atoms with E-state index in [-0.39, 0.29) is 5.41 Å². The predicted molar refractivity (Wildman–Crippen MR) is 179 cm³/mol. The first kappa shape index (κ1) is 31.0. The van der Waals surface area contributed by atoms with Gasteiger partial charge in [0.1, 0.15) is 4.83 Å². The first-order valence-corrected chi connectivity index (χ1v) is 17.3. The second-order valence-electron chi connectivity index (χ2n) is 13.4. The van der Waals surface area contributed by atoms with E-state index in [0.717, 1.165) is 90.2 Å². The first-order chi connectivity index (χ1) is 21.2. The van der Waals surface area contributed by atoms with Gasteiger partial charge in [-0.2, -0.15) is 0 Å². The van der Waals surface area contributed by atoms with Crippen LogP contribution in [0.3, 0.4) is 0 Å². The number of piperazine rings is 1. The van der Waals surface area contributed by atoms with Crippen LogP contribution in [-0.2, 0) is 23.1 Å². The average molecular weight is 617 g/mol. The highest BCUT2D eigenvalue weighted by atomic mass is 32.1. The van der Waals surface area contributed by atoms with Gasteiger partial charge in [0.25, 0.3) is 0 Å². The largest absolute Gasteiger partial charge is 0.424 e. The zero-order valence-corrected chi connectivity index (χ0v) is 28.0. The van der Waals surface area contributed by atoms with E-state index >= 15 is 0 Å². The minimum atomic E-state index is -0.373. The molecule has 236 valence electrons. The maximum absolute atomic E-state index is 12.7. The molecule has 3 aromatic heterocycles. The molecule has 1 N–H and O–H groups in total. The van der Waals surface area contributed by atoms with Gasteiger partial charge < -0.3 is 19.2 Å². The second kappa shape index (κ2) is 13.2. The highest BCUT2D eigenvalue weighted by molar-refractivity contribution is 7.18. The van der Waals surface area contributed by atoms with Gasteiger partial charge in [0.15, 0.2) is 0 Å². The molecule has 44 heavy (non-hydrogen) atoms. The number of hydrogen-bond acceptors (Lipinski definition) is 7. The third-order valence-electron chi connectivity index (χ3n) is 9.43. The molecule has 2 saturated heterocycles. The van der Waals surface area contributed by atoms with Gasteiger partial charge in [0.2, 0.25) is 17.7 Å². The molecule has 0 saturated carbocycles. The molecular weight excluding hydrogens is 568 g/mol. The summed E-state index contributed by atoms with van der Waals surface area (Å²) in [6.07, 6.45) is 6.26. The number of fused-ring (bicyclic) bond motifs is 1. The molecule has 6 rings (SSSR count). The molecule has 0 spiro atoms. The Kier molecular flexibility index (Phi) is 9.26. The summed E-state index contributed by atoms with van der Waals surface area (Å²) >= 11 is 1.80. The van der Waals surface area contributed by atoms with Crippen molar-refractivity contribution >= 4 is 27.5 Å². The Balaban J connectivity index is 1.21. The smallest absolute Gasteiger partial charge is 0.236 e. The van der Waals surface area contributed by atoms with Crippen molar-refractivity contribution in [1.29, 1.82) is 0 Å². The zero-order valence-electron chi connectivity index (χ0n) is 27.2. The lowest BCUT2D eigenvalue weighted by molar-refractivity contribution is -0.131. The van der Waals surface area contributed by atoms with E-state index in [4.69, 9.17) is 4.42 Å². The quantitative estimate of drug-likeness (QED) is 0.212. The van der Waals surface area contributed by atoms with Crippen LogP contribution in [0.15, 0.2) is 28.7 Å². The number of thiophene rings is 1. The van der Waals surface area contributed by atoms with E-state index < -0.39 is 0 Å². The highest BCUT2D eigenvalue weighted by Gasteiger charge is 2.33. The molecule has 1 aromatic carbocycles. The number of hydrogen-bond donors (Lipinski definition) is 1. The van der Waals surface area contributed by atoms with Crippen molar-refractivity contribution in [2.75, 3.05) is 52.4 Å². The summed E-state index contributed by atoms with van der Waals surface area (Å²) in [6, 6.07) is 9.18. The molecule has 1 amide bonds. The number of rotatable bonds is 11. The minimum absolute atomic E-state index is 0.303. The second-order valence-corrected chi connectivity index (χ2v) is 14.4. The molecular formula is C35H48N6O2S. The number of aromatic amines is 1. The van der Waals surface area contributed by atoms with Crippen molar-refractivity contribution in [2.45, 2.75) is 78.6 Å². The Morgan fingerprint density at radius 2 is 1.66 bits per heavy atom. The number of nitrogens with zero attached hydrogens (tertiary/aromatic N) is 5. The van der Waals surface area contributed by atoms with Crippen LogP contribution in [-0.4, -0.2) is 88.1 Å². The first-order valence-electron chi connectivity index (χ1n) is 16.5. The molecule has 0 aliphatic carbocycles. The number of benzene rings is 1. The van der Waals surface area contributed by atoms with Gasteiger partial charge in [-0.05, 0) is 82.7 Å².